The van der Waals surface area contributed by atoms with E-state index < -0.39 is 29.5 Å². The van der Waals surface area contributed by atoms with Crippen LogP contribution >= 0.6 is 11.3 Å². The van der Waals surface area contributed by atoms with Crippen molar-refractivity contribution in [3.8, 4) is 5.75 Å². The molecule has 0 N–H and O–H groups in total. The monoisotopic (exact) mass is 519 g/mol. The number of allylic oxidation sites excluding steroid dienone is 2. The largest absolute Gasteiger partial charge is 0.497 e. The van der Waals surface area contributed by atoms with Gasteiger partial charge in [-0.05, 0) is 54.6 Å². The second-order valence-corrected chi connectivity index (χ2v) is 9.97. The Morgan fingerprint density at radius 3 is 2.59 bits per heavy atom. The van der Waals surface area contributed by atoms with E-state index in [0.29, 0.717) is 17.0 Å². The lowest BCUT2D eigenvalue weighted by Gasteiger charge is -2.42. The third kappa shape index (κ3) is 4.46. The molecule has 0 radical (unpaired) electrons. The van der Waals surface area contributed by atoms with Crippen LogP contribution in [0.2, 0.25) is 0 Å². The summed E-state index contributed by atoms with van der Waals surface area (Å²) in [7, 11) is 1.55. The van der Waals surface area contributed by atoms with Crippen molar-refractivity contribution in [1.29, 1.82) is 0 Å². The lowest BCUT2D eigenvalue weighted by atomic mass is 9.69. The third-order valence-electron chi connectivity index (χ3n) is 6.96. The van der Waals surface area contributed by atoms with Gasteiger partial charge in [0.1, 0.15) is 17.5 Å². The number of benzene rings is 2. The van der Waals surface area contributed by atoms with Gasteiger partial charge in [-0.25, -0.2) is 4.39 Å². The van der Waals surface area contributed by atoms with Gasteiger partial charge in [0.2, 0.25) is 5.91 Å². The highest BCUT2D eigenvalue weighted by molar-refractivity contribution is 7.10. The second-order valence-electron chi connectivity index (χ2n) is 8.99. The number of para-hydroxylation sites is 1. The zero-order chi connectivity index (χ0) is 26.1. The van der Waals surface area contributed by atoms with E-state index in [2.05, 4.69) is 0 Å². The van der Waals surface area contributed by atoms with E-state index in [1.54, 1.807) is 44.4 Å². The molecule has 2 heterocycles. The number of anilines is 1. The summed E-state index contributed by atoms with van der Waals surface area (Å²) in [5.41, 5.74) is 1.59. The Morgan fingerprint density at radius 2 is 1.89 bits per heavy atom. The number of rotatable bonds is 6. The van der Waals surface area contributed by atoms with Crippen LogP contribution in [0.15, 0.2) is 77.3 Å². The number of hydrogen-bond acceptors (Lipinski definition) is 6. The maximum atomic E-state index is 15.0. The van der Waals surface area contributed by atoms with Crippen LogP contribution < -0.4 is 9.64 Å². The van der Waals surface area contributed by atoms with E-state index in [9.17, 15) is 14.4 Å². The first-order valence-electron chi connectivity index (χ1n) is 12.1. The lowest BCUT2D eigenvalue weighted by molar-refractivity contribution is -0.152. The molecular formula is C29H26FNO5S. The molecule has 0 bridgehead atoms. The molecule has 6 nitrogen and oxygen atoms in total. The molecule has 0 unspecified atom stereocenters. The number of hydrogen-bond donors (Lipinski definition) is 0. The molecule has 1 aromatic heterocycles. The molecule has 3 atom stereocenters. The first-order valence-corrected chi connectivity index (χ1v) is 13.0. The summed E-state index contributed by atoms with van der Waals surface area (Å²) in [6, 6.07) is 17.0. The Bertz CT molecular complexity index is 1380. The zero-order valence-corrected chi connectivity index (χ0v) is 21.3. The van der Waals surface area contributed by atoms with Gasteiger partial charge in [-0.3, -0.25) is 19.3 Å². The van der Waals surface area contributed by atoms with E-state index >= 15 is 4.39 Å². The molecule has 8 heteroatoms. The molecule has 1 amide bonds. The minimum absolute atomic E-state index is 0.0503. The van der Waals surface area contributed by atoms with Crippen LogP contribution in [-0.2, 0) is 19.1 Å². The van der Waals surface area contributed by atoms with Gasteiger partial charge in [0.25, 0.3) is 0 Å². The molecule has 37 heavy (non-hydrogen) atoms. The van der Waals surface area contributed by atoms with E-state index in [0.717, 1.165) is 10.4 Å². The molecule has 2 aliphatic rings. The molecule has 5 rings (SSSR count). The highest BCUT2D eigenvalue weighted by Gasteiger charge is 2.50. The van der Waals surface area contributed by atoms with Gasteiger partial charge in [-0.15, -0.1) is 11.3 Å². The number of carbonyl (C=O) groups is 3. The molecule has 0 fully saturated rings. The standard InChI is InChI=1S/C29H26FNO5S/c1-3-36-29(34)27-20(24-12-7-13-37-24)15-23-26(28(27)33)19(17-8-6-9-18(14-17)35-2)16-25(32)31(23)22-11-5-4-10-21(22)30/h4-14,19-20,27H,3,15-16H2,1-2H3/t19-,20-,27+/m1/s1. The number of carbonyl (C=O) groups excluding carboxylic acids is 3. The Hall–Kier alpha value is -3.78. The molecule has 190 valence electrons. The fourth-order valence-electron chi connectivity index (χ4n) is 5.36. The second kappa shape index (κ2) is 10.3. The Morgan fingerprint density at radius 1 is 1.08 bits per heavy atom. The molecule has 3 aromatic rings. The summed E-state index contributed by atoms with van der Waals surface area (Å²) in [6.45, 7) is 1.85. The predicted octanol–water partition coefficient (Wildman–Crippen LogP) is 5.61. The molecule has 0 saturated carbocycles. The summed E-state index contributed by atoms with van der Waals surface area (Å²) < 4.78 is 25.7. The summed E-state index contributed by atoms with van der Waals surface area (Å²) in [4.78, 5) is 43.3. The number of nitrogens with zero attached hydrogens (tertiary/aromatic N) is 1. The van der Waals surface area contributed by atoms with Crippen molar-refractivity contribution < 1.29 is 28.2 Å². The number of halogens is 1. The average Bonchev–Trinajstić information content (AvgIpc) is 3.44. The summed E-state index contributed by atoms with van der Waals surface area (Å²) >= 11 is 1.44. The van der Waals surface area contributed by atoms with Crippen molar-refractivity contribution in [2.24, 2.45) is 5.92 Å². The van der Waals surface area contributed by atoms with Gasteiger partial charge < -0.3 is 9.47 Å². The maximum Gasteiger partial charge on any atom is 0.317 e. The van der Waals surface area contributed by atoms with Crippen LogP contribution in [0.3, 0.4) is 0 Å². The Balaban J connectivity index is 1.73. The average molecular weight is 520 g/mol. The zero-order valence-electron chi connectivity index (χ0n) is 20.5. The topological polar surface area (TPSA) is 72.9 Å². The van der Waals surface area contributed by atoms with Crippen molar-refractivity contribution >= 4 is 34.7 Å². The van der Waals surface area contributed by atoms with Crippen LogP contribution in [0, 0.1) is 11.7 Å². The van der Waals surface area contributed by atoms with Gasteiger partial charge >= 0.3 is 5.97 Å². The van der Waals surface area contributed by atoms with Crippen molar-refractivity contribution in [2.75, 3.05) is 18.6 Å². The van der Waals surface area contributed by atoms with Gasteiger partial charge in [-0.2, -0.15) is 0 Å². The van der Waals surface area contributed by atoms with E-state index in [1.807, 2.05) is 23.6 Å². The summed E-state index contributed by atoms with van der Waals surface area (Å²) in [5.74, 6) is -3.45. The van der Waals surface area contributed by atoms with Crippen molar-refractivity contribution in [3.63, 3.8) is 0 Å². The van der Waals surface area contributed by atoms with Crippen LogP contribution in [0.25, 0.3) is 0 Å². The van der Waals surface area contributed by atoms with E-state index in [4.69, 9.17) is 9.47 Å². The third-order valence-corrected chi connectivity index (χ3v) is 7.96. The summed E-state index contributed by atoms with van der Waals surface area (Å²) in [6.07, 6.45) is 0.164. The van der Waals surface area contributed by atoms with Crippen LogP contribution in [-0.4, -0.2) is 31.4 Å². The number of Topliss-reactive ketones (excluding diaryl/α,β-unsaturated/α-hetero) is 1. The predicted molar refractivity (Wildman–Crippen MR) is 138 cm³/mol. The lowest BCUT2D eigenvalue weighted by Crippen LogP contribution is -2.46. The number of esters is 1. The Labute approximate surface area is 218 Å². The van der Waals surface area contributed by atoms with Crippen molar-refractivity contribution in [1.82, 2.24) is 0 Å². The molecular weight excluding hydrogens is 493 g/mol. The van der Waals surface area contributed by atoms with Crippen molar-refractivity contribution in [3.05, 3.63) is 93.6 Å². The van der Waals surface area contributed by atoms with Crippen LogP contribution in [0.5, 0.6) is 5.75 Å². The highest BCUT2D eigenvalue weighted by Crippen LogP contribution is 2.50. The van der Waals surface area contributed by atoms with Gasteiger partial charge in [0, 0.05) is 34.4 Å². The number of methoxy groups -OCH3 is 1. The molecule has 0 saturated heterocycles. The SMILES string of the molecule is CCOC(=O)[C@@H]1C(=O)C2=C(C[C@@H]1c1cccs1)N(c1ccccc1F)C(=O)C[C@@H]2c1cccc(OC)c1. The van der Waals surface area contributed by atoms with Gasteiger partial charge in [0.05, 0.1) is 19.4 Å². The van der Waals surface area contributed by atoms with E-state index in [1.165, 1.54) is 28.4 Å². The van der Waals surface area contributed by atoms with Crippen molar-refractivity contribution in [2.45, 2.75) is 31.6 Å². The van der Waals surface area contributed by atoms with E-state index in [-0.39, 0.29) is 36.8 Å². The number of thiophene rings is 1. The number of ether oxygens (including phenoxy) is 2. The van der Waals surface area contributed by atoms with Gasteiger partial charge in [-0.1, -0.05) is 30.3 Å². The minimum atomic E-state index is -1.05. The maximum absolute atomic E-state index is 15.0. The minimum Gasteiger partial charge on any atom is -0.497 e. The fourth-order valence-corrected chi connectivity index (χ4v) is 6.22. The fraction of sp³-hybridized carbons (Fsp3) is 0.276. The molecule has 1 aliphatic heterocycles. The number of ketones is 1. The summed E-state index contributed by atoms with van der Waals surface area (Å²) in [5, 5.41) is 1.88. The van der Waals surface area contributed by atoms with Crippen LogP contribution in [0.4, 0.5) is 10.1 Å². The molecule has 1 aliphatic carbocycles. The first kappa shape index (κ1) is 24.9. The highest BCUT2D eigenvalue weighted by atomic mass is 32.1. The molecule has 0 spiro atoms. The Kier molecular flexibility index (Phi) is 6.93. The molecule has 2 aromatic carbocycles. The normalized spacial score (nSPS) is 21.6. The van der Waals surface area contributed by atoms with Crippen LogP contribution in [0.1, 0.15) is 42.0 Å². The van der Waals surface area contributed by atoms with Gasteiger partial charge in [0.15, 0.2) is 5.78 Å². The number of amides is 1. The smallest absolute Gasteiger partial charge is 0.317 e. The quantitative estimate of drug-likeness (QED) is 0.313. The first-order chi connectivity index (χ1) is 17.9.